The van der Waals surface area contributed by atoms with Gasteiger partial charge in [0.25, 0.3) is 5.69 Å². The Morgan fingerprint density at radius 3 is 2.93 bits per heavy atom. The fraction of sp³-hybridized carbons (Fsp3) is 0.118. The Labute approximate surface area is 166 Å². The third kappa shape index (κ3) is 3.75. The maximum absolute atomic E-state index is 12.2. The molecular formula is C17H13N5O4S2. The van der Waals surface area contributed by atoms with Gasteiger partial charge in [-0.25, -0.2) is 9.97 Å². The van der Waals surface area contributed by atoms with Crippen molar-refractivity contribution in [3.05, 3.63) is 46.5 Å². The van der Waals surface area contributed by atoms with Crippen molar-refractivity contribution in [2.75, 3.05) is 18.2 Å². The normalized spacial score (nSPS) is 11.0. The highest BCUT2D eigenvalue weighted by molar-refractivity contribution is 7.99. The first-order valence-corrected chi connectivity index (χ1v) is 9.83. The van der Waals surface area contributed by atoms with Crippen molar-refractivity contribution < 1.29 is 14.5 Å². The van der Waals surface area contributed by atoms with E-state index >= 15 is 0 Å². The Balaban J connectivity index is 1.41. The van der Waals surface area contributed by atoms with Gasteiger partial charge in [-0.1, -0.05) is 23.1 Å². The molecule has 1 amide bonds. The fourth-order valence-electron chi connectivity index (χ4n) is 2.53. The predicted molar refractivity (Wildman–Crippen MR) is 108 cm³/mol. The van der Waals surface area contributed by atoms with Crippen molar-refractivity contribution in [2.45, 2.75) is 5.16 Å². The van der Waals surface area contributed by atoms with Crippen LogP contribution in [0.1, 0.15) is 0 Å². The molecule has 0 spiro atoms. The van der Waals surface area contributed by atoms with Gasteiger partial charge >= 0.3 is 0 Å². The minimum absolute atomic E-state index is 0.0345. The molecule has 0 unspecified atom stereocenters. The second kappa shape index (κ2) is 7.44. The number of anilines is 1. The first-order chi connectivity index (χ1) is 13.5. The van der Waals surface area contributed by atoms with Crippen LogP contribution in [0.5, 0.6) is 5.75 Å². The second-order valence-electron chi connectivity index (χ2n) is 5.69. The highest BCUT2D eigenvalue weighted by Gasteiger charge is 2.13. The lowest BCUT2D eigenvalue weighted by Gasteiger charge is -1.99. The lowest BCUT2D eigenvalue weighted by atomic mass is 10.3. The van der Waals surface area contributed by atoms with Crippen molar-refractivity contribution in [1.82, 2.24) is 15.0 Å². The molecule has 0 fully saturated rings. The number of ether oxygens (including phenoxy) is 1. The highest BCUT2D eigenvalue weighted by Crippen LogP contribution is 2.29. The van der Waals surface area contributed by atoms with E-state index in [1.54, 1.807) is 13.2 Å². The number of hydrogen-bond donors (Lipinski definition) is 2. The number of imidazole rings is 1. The maximum atomic E-state index is 12.2. The number of aromatic amines is 1. The number of methoxy groups -OCH3 is 1. The molecule has 4 aromatic rings. The van der Waals surface area contributed by atoms with Crippen LogP contribution in [0, 0.1) is 10.1 Å². The molecule has 2 aromatic heterocycles. The molecule has 0 radical (unpaired) electrons. The van der Waals surface area contributed by atoms with Crippen LogP contribution in [-0.2, 0) is 4.79 Å². The molecule has 0 aliphatic heterocycles. The number of rotatable bonds is 6. The van der Waals surface area contributed by atoms with Gasteiger partial charge in [-0.3, -0.25) is 14.9 Å². The van der Waals surface area contributed by atoms with Crippen molar-refractivity contribution in [1.29, 1.82) is 0 Å². The molecule has 0 saturated carbocycles. The number of benzene rings is 2. The highest BCUT2D eigenvalue weighted by atomic mass is 32.2. The molecule has 0 atom stereocenters. The Morgan fingerprint density at radius 1 is 1.29 bits per heavy atom. The number of carbonyl (C=O) groups excluding carboxylic acids is 1. The largest absolute Gasteiger partial charge is 0.497 e. The molecule has 9 nitrogen and oxygen atoms in total. The fourth-order valence-corrected chi connectivity index (χ4v) is 4.08. The van der Waals surface area contributed by atoms with Gasteiger partial charge in [-0.05, 0) is 18.2 Å². The molecule has 0 aliphatic carbocycles. The van der Waals surface area contributed by atoms with E-state index in [-0.39, 0.29) is 17.3 Å². The number of aromatic nitrogens is 3. The molecule has 142 valence electrons. The van der Waals surface area contributed by atoms with Crippen LogP contribution < -0.4 is 10.1 Å². The quantitative estimate of drug-likeness (QED) is 0.279. The van der Waals surface area contributed by atoms with Gasteiger partial charge in [0.2, 0.25) is 5.91 Å². The van der Waals surface area contributed by atoms with Gasteiger partial charge in [0.1, 0.15) is 5.75 Å². The van der Waals surface area contributed by atoms with Gasteiger partial charge in [-0.15, -0.1) is 0 Å². The number of nitrogens with one attached hydrogen (secondary N) is 2. The van der Waals surface area contributed by atoms with Crippen molar-refractivity contribution in [3.8, 4) is 5.75 Å². The molecule has 11 heteroatoms. The number of carbonyl (C=O) groups is 1. The lowest BCUT2D eigenvalue weighted by Crippen LogP contribution is -2.13. The summed E-state index contributed by atoms with van der Waals surface area (Å²) in [6, 6.07) is 9.93. The monoisotopic (exact) mass is 415 g/mol. The zero-order chi connectivity index (χ0) is 19.7. The van der Waals surface area contributed by atoms with E-state index in [9.17, 15) is 14.9 Å². The van der Waals surface area contributed by atoms with Gasteiger partial charge < -0.3 is 15.0 Å². The first-order valence-electron chi connectivity index (χ1n) is 8.03. The van der Waals surface area contributed by atoms with Gasteiger partial charge in [0, 0.05) is 18.2 Å². The van der Waals surface area contributed by atoms with Crippen LogP contribution in [-0.4, -0.2) is 38.6 Å². The number of non-ortho nitro benzene ring substituents is 1. The van der Waals surface area contributed by atoms with Crippen LogP contribution in [0.2, 0.25) is 0 Å². The average Bonchev–Trinajstić information content (AvgIpc) is 3.27. The van der Waals surface area contributed by atoms with E-state index in [2.05, 4.69) is 20.3 Å². The summed E-state index contributed by atoms with van der Waals surface area (Å²) in [4.78, 5) is 34.4. The molecule has 2 aromatic carbocycles. The minimum Gasteiger partial charge on any atom is -0.497 e. The molecule has 28 heavy (non-hydrogen) atoms. The summed E-state index contributed by atoms with van der Waals surface area (Å²) in [7, 11) is 1.60. The molecule has 4 rings (SSSR count). The van der Waals surface area contributed by atoms with Gasteiger partial charge in [0.05, 0.1) is 39.0 Å². The van der Waals surface area contributed by atoms with Gasteiger partial charge in [0.15, 0.2) is 10.3 Å². The third-order valence-electron chi connectivity index (χ3n) is 3.84. The average molecular weight is 415 g/mol. The van der Waals surface area contributed by atoms with E-state index in [0.717, 1.165) is 21.5 Å². The molecule has 0 saturated heterocycles. The summed E-state index contributed by atoms with van der Waals surface area (Å²) in [6.45, 7) is 0. The summed E-state index contributed by atoms with van der Waals surface area (Å²) in [5, 5.41) is 14.6. The Bertz CT molecular complexity index is 1200. The van der Waals surface area contributed by atoms with Crippen molar-refractivity contribution >= 4 is 61.1 Å². The first kappa shape index (κ1) is 18.2. The van der Waals surface area contributed by atoms with E-state index in [4.69, 9.17) is 4.74 Å². The molecule has 2 N–H and O–H groups in total. The number of amides is 1. The Morgan fingerprint density at radius 2 is 2.14 bits per heavy atom. The van der Waals surface area contributed by atoms with E-state index < -0.39 is 4.92 Å². The van der Waals surface area contributed by atoms with Crippen molar-refractivity contribution in [3.63, 3.8) is 0 Å². The number of nitro benzene ring substituents is 1. The zero-order valence-electron chi connectivity index (χ0n) is 14.5. The standard InChI is InChI=1S/C17H13N5O4S2/c1-26-10-3-4-11-12(7-10)19-16(18-11)27-8-15(23)21-17-20-13-6-9(22(24)25)2-5-14(13)28-17/h2-7H,8H2,1H3,(H,18,19)(H,20,21,23). The topological polar surface area (TPSA) is 123 Å². The van der Waals surface area contributed by atoms with Crippen LogP contribution in [0.4, 0.5) is 10.8 Å². The minimum atomic E-state index is -0.476. The van der Waals surface area contributed by atoms with Crippen molar-refractivity contribution in [2.24, 2.45) is 0 Å². The van der Waals surface area contributed by atoms with Gasteiger partial charge in [-0.2, -0.15) is 0 Å². The summed E-state index contributed by atoms with van der Waals surface area (Å²) < 4.78 is 5.94. The lowest BCUT2D eigenvalue weighted by molar-refractivity contribution is -0.384. The summed E-state index contributed by atoms with van der Waals surface area (Å²) >= 11 is 2.53. The SMILES string of the molecule is COc1ccc2nc(SCC(=O)Nc3nc4cc([N+](=O)[O-])ccc4s3)[nH]c2c1. The third-order valence-corrected chi connectivity index (χ3v) is 5.66. The van der Waals surface area contributed by atoms with E-state index in [1.807, 2.05) is 18.2 Å². The zero-order valence-corrected chi connectivity index (χ0v) is 16.1. The maximum Gasteiger partial charge on any atom is 0.271 e. The Hall–Kier alpha value is -3.18. The summed E-state index contributed by atoms with van der Waals surface area (Å²) in [6.07, 6.45) is 0. The number of nitrogens with zero attached hydrogens (tertiary/aromatic N) is 3. The molecular weight excluding hydrogens is 402 g/mol. The number of nitro groups is 1. The number of fused-ring (bicyclic) bond motifs is 2. The number of hydrogen-bond acceptors (Lipinski definition) is 8. The second-order valence-corrected chi connectivity index (χ2v) is 7.68. The number of H-pyrrole nitrogens is 1. The summed E-state index contributed by atoms with van der Waals surface area (Å²) in [5.41, 5.74) is 2.06. The molecule has 0 bridgehead atoms. The predicted octanol–water partition coefficient (Wildman–Crippen LogP) is 3.82. The van der Waals surface area contributed by atoms with Crippen LogP contribution in [0.3, 0.4) is 0 Å². The van der Waals surface area contributed by atoms with Crippen LogP contribution in [0.25, 0.3) is 21.3 Å². The Kier molecular flexibility index (Phi) is 4.84. The molecule has 0 aliphatic rings. The van der Waals surface area contributed by atoms with Crippen LogP contribution >= 0.6 is 23.1 Å². The number of thiazole rings is 1. The number of thioether (sulfide) groups is 1. The van der Waals surface area contributed by atoms with Crippen LogP contribution in [0.15, 0.2) is 41.6 Å². The van der Waals surface area contributed by atoms with E-state index in [1.165, 1.54) is 35.2 Å². The van der Waals surface area contributed by atoms with E-state index in [0.29, 0.717) is 15.8 Å². The molecule has 2 heterocycles. The summed E-state index contributed by atoms with van der Waals surface area (Å²) in [5.74, 6) is 0.630. The smallest absolute Gasteiger partial charge is 0.271 e.